The van der Waals surface area contributed by atoms with Gasteiger partial charge in [0.1, 0.15) is 18.2 Å². The van der Waals surface area contributed by atoms with E-state index in [-0.39, 0.29) is 12.4 Å². The van der Waals surface area contributed by atoms with Crippen LogP contribution in [0.15, 0.2) is 18.2 Å². The molecule has 1 aromatic carbocycles. The predicted octanol–water partition coefficient (Wildman–Crippen LogP) is 3.25. The summed E-state index contributed by atoms with van der Waals surface area (Å²) in [6.45, 7) is 8.69. The fourth-order valence-electron chi connectivity index (χ4n) is 1.81. The van der Waals surface area contributed by atoms with Crippen molar-refractivity contribution in [3.8, 4) is 5.75 Å². The Morgan fingerprint density at radius 2 is 1.95 bits per heavy atom. The van der Waals surface area contributed by atoms with E-state index in [2.05, 4.69) is 5.32 Å². The lowest BCUT2D eigenvalue weighted by atomic mass is 9.99. The van der Waals surface area contributed by atoms with E-state index in [1.165, 1.54) is 12.1 Å². The summed E-state index contributed by atoms with van der Waals surface area (Å²) in [4.78, 5) is 0. The molecule has 0 aromatic heterocycles. The lowest BCUT2D eigenvalue weighted by Gasteiger charge is -2.26. The van der Waals surface area contributed by atoms with Crippen LogP contribution in [0.3, 0.4) is 0 Å². The predicted molar refractivity (Wildman–Crippen MR) is 79.4 cm³/mol. The highest BCUT2D eigenvalue weighted by atomic mass is 19.1. The third-order valence-corrected chi connectivity index (χ3v) is 3.54. The molecule has 0 aliphatic rings. The van der Waals surface area contributed by atoms with E-state index in [0.29, 0.717) is 31.2 Å². The van der Waals surface area contributed by atoms with Crippen LogP contribution in [0.25, 0.3) is 0 Å². The zero-order valence-electron chi connectivity index (χ0n) is 12.9. The van der Waals surface area contributed by atoms with Crippen LogP contribution in [-0.4, -0.2) is 23.4 Å². The second-order valence-electron chi connectivity index (χ2n) is 5.51. The molecular formula is C16H26FNO2. The van der Waals surface area contributed by atoms with Gasteiger partial charge in [0, 0.05) is 18.2 Å². The molecule has 0 fully saturated rings. The first-order chi connectivity index (χ1) is 9.40. The van der Waals surface area contributed by atoms with Crippen molar-refractivity contribution in [2.24, 2.45) is 0 Å². The molecule has 0 saturated heterocycles. The van der Waals surface area contributed by atoms with E-state index < -0.39 is 5.60 Å². The largest absolute Gasteiger partial charge is 0.490 e. The highest BCUT2D eigenvalue weighted by Crippen LogP contribution is 2.23. The summed E-state index contributed by atoms with van der Waals surface area (Å²) in [7, 11) is 0. The van der Waals surface area contributed by atoms with Gasteiger partial charge in [0.15, 0.2) is 0 Å². The van der Waals surface area contributed by atoms with E-state index in [4.69, 9.17) is 4.74 Å². The fourth-order valence-corrected chi connectivity index (χ4v) is 1.81. The van der Waals surface area contributed by atoms with Crippen LogP contribution in [0.1, 0.15) is 46.1 Å². The lowest BCUT2D eigenvalue weighted by Crippen LogP contribution is -2.34. The van der Waals surface area contributed by atoms with E-state index >= 15 is 0 Å². The van der Waals surface area contributed by atoms with E-state index in [9.17, 15) is 9.50 Å². The minimum absolute atomic E-state index is 0.223. The molecule has 114 valence electrons. The number of hydrogen-bond acceptors (Lipinski definition) is 3. The summed E-state index contributed by atoms with van der Waals surface area (Å²) < 4.78 is 19.1. The number of aliphatic hydroxyl groups is 1. The molecule has 2 N–H and O–H groups in total. The summed E-state index contributed by atoms with van der Waals surface area (Å²) in [5, 5.41) is 13.5. The van der Waals surface area contributed by atoms with Gasteiger partial charge in [-0.1, -0.05) is 27.7 Å². The monoisotopic (exact) mass is 283 g/mol. The number of rotatable bonds is 8. The van der Waals surface area contributed by atoms with E-state index in [1.807, 2.05) is 27.7 Å². The minimum Gasteiger partial charge on any atom is -0.490 e. The first-order valence-corrected chi connectivity index (χ1v) is 7.27. The van der Waals surface area contributed by atoms with Crippen molar-refractivity contribution >= 4 is 0 Å². The average molecular weight is 283 g/mol. The SMILES string of the molecule is CCC(O)(CC)COc1ccc(F)cc1CNC(C)C. The van der Waals surface area contributed by atoms with Crippen molar-refractivity contribution in [1.82, 2.24) is 5.32 Å². The summed E-state index contributed by atoms with van der Waals surface area (Å²) in [6.07, 6.45) is 1.26. The molecule has 0 aliphatic carbocycles. The van der Waals surface area contributed by atoms with Crippen LogP contribution in [0.4, 0.5) is 4.39 Å². The zero-order chi connectivity index (χ0) is 15.2. The molecular weight excluding hydrogens is 257 g/mol. The second kappa shape index (κ2) is 7.60. The quantitative estimate of drug-likeness (QED) is 0.769. The summed E-state index contributed by atoms with van der Waals surface area (Å²) in [5.74, 6) is 0.346. The number of hydrogen-bond donors (Lipinski definition) is 2. The summed E-state index contributed by atoms with van der Waals surface area (Å²) in [6, 6.07) is 4.79. The topological polar surface area (TPSA) is 41.5 Å². The van der Waals surface area contributed by atoms with Crippen LogP contribution in [0, 0.1) is 5.82 Å². The van der Waals surface area contributed by atoms with E-state index in [1.54, 1.807) is 6.07 Å². The van der Waals surface area contributed by atoms with Gasteiger partial charge in [0.25, 0.3) is 0 Å². The molecule has 3 nitrogen and oxygen atoms in total. The van der Waals surface area contributed by atoms with Gasteiger partial charge in [-0.3, -0.25) is 0 Å². The highest BCUT2D eigenvalue weighted by molar-refractivity contribution is 5.34. The Bertz CT molecular complexity index is 417. The molecule has 0 atom stereocenters. The maximum atomic E-state index is 13.3. The van der Waals surface area contributed by atoms with Gasteiger partial charge in [0.2, 0.25) is 0 Å². The van der Waals surface area contributed by atoms with Crippen molar-refractivity contribution in [2.45, 2.75) is 58.7 Å². The number of ether oxygens (including phenoxy) is 1. The van der Waals surface area contributed by atoms with Crippen molar-refractivity contribution in [2.75, 3.05) is 6.61 Å². The van der Waals surface area contributed by atoms with Gasteiger partial charge in [-0.05, 0) is 31.0 Å². The Morgan fingerprint density at radius 1 is 1.30 bits per heavy atom. The van der Waals surface area contributed by atoms with Crippen molar-refractivity contribution in [3.05, 3.63) is 29.6 Å². The van der Waals surface area contributed by atoms with Gasteiger partial charge >= 0.3 is 0 Å². The molecule has 0 radical (unpaired) electrons. The van der Waals surface area contributed by atoms with Crippen LogP contribution in [0.2, 0.25) is 0 Å². The van der Waals surface area contributed by atoms with Gasteiger partial charge in [0.05, 0.1) is 5.60 Å². The molecule has 0 heterocycles. The highest BCUT2D eigenvalue weighted by Gasteiger charge is 2.23. The third-order valence-electron chi connectivity index (χ3n) is 3.54. The Balaban J connectivity index is 2.78. The van der Waals surface area contributed by atoms with Crippen LogP contribution < -0.4 is 10.1 Å². The molecule has 0 aliphatic heterocycles. The second-order valence-corrected chi connectivity index (χ2v) is 5.51. The molecule has 0 amide bonds. The molecule has 20 heavy (non-hydrogen) atoms. The molecule has 1 aromatic rings. The number of nitrogens with one attached hydrogen (secondary N) is 1. The van der Waals surface area contributed by atoms with E-state index in [0.717, 1.165) is 5.56 Å². The Morgan fingerprint density at radius 3 is 2.50 bits per heavy atom. The Hall–Kier alpha value is -1.13. The molecule has 4 heteroatoms. The maximum absolute atomic E-state index is 13.3. The summed E-state index contributed by atoms with van der Waals surface area (Å²) >= 11 is 0. The van der Waals surface area contributed by atoms with Crippen molar-refractivity contribution in [3.63, 3.8) is 0 Å². The smallest absolute Gasteiger partial charge is 0.124 e. The number of benzene rings is 1. The first kappa shape index (κ1) is 16.9. The third kappa shape index (κ3) is 5.10. The average Bonchev–Trinajstić information content (AvgIpc) is 2.43. The molecule has 0 unspecified atom stereocenters. The number of halogens is 1. The van der Waals surface area contributed by atoms with Crippen molar-refractivity contribution in [1.29, 1.82) is 0 Å². The van der Waals surface area contributed by atoms with Gasteiger partial charge in [-0.2, -0.15) is 0 Å². The Labute approximate surface area is 121 Å². The van der Waals surface area contributed by atoms with Gasteiger partial charge in [-0.15, -0.1) is 0 Å². The lowest BCUT2D eigenvalue weighted by molar-refractivity contribution is -0.0116. The Kier molecular flexibility index (Phi) is 6.43. The van der Waals surface area contributed by atoms with Crippen LogP contribution in [-0.2, 0) is 6.54 Å². The maximum Gasteiger partial charge on any atom is 0.124 e. The zero-order valence-corrected chi connectivity index (χ0v) is 12.9. The molecule has 0 spiro atoms. The molecule has 0 saturated carbocycles. The fraction of sp³-hybridized carbons (Fsp3) is 0.625. The van der Waals surface area contributed by atoms with Crippen LogP contribution >= 0.6 is 0 Å². The van der Waals surface area contributed by atoms with Gasteiger partial charge < -0.3 is 15.2 Å². The van der Waals surface area contributed by atoms with Gasteiger partial charge in [-0.25, -0.2) is 4.39 Å². The summed E-state index contributed by atoms with van der Waals surface area (Å²) in [5.41, 5.74) is -0.0508. The molecule has 0 bridgehead atoms. The normalized spacial score (nSPS) is 11.9. The minimum atomic E-state index is -0.822. The standard InChI is InChI=1S/C16H26FNO2/c1-5-16(19,6-2)11-20-15-8-7-14(17)9-13(15)10-18-12(3)4/h7-9,12,18-19H,5-6,10-11H2,1-4H3. The molecule has 1 rings (SSSR count). The van der Waals surface area contributed by atoms with Crippen LogP contribution in [0.5, 0.6) is 5.75 Å². The first-order valence-electron chi connectivity index (χ1n) is 7.27. The van der Waals surface area contributed by atoms with Crippen molar-refractivity contribution < 1.29 is 14.2 Å².